The lowest BCUT2D eigenvalue weighted by Crippen LogP contribution is -2.56. The van der Waals surface area contributed by atoms with Crippen LogP contribution in [0.15, 0.2) is 0 Å². The van der Waals surface area contributed by atoms with Crippen molar-refractivity contribution in [3.63, 3.8) is 0 Å². The molecule has 0 aromatic rings. The Morgan fingerprint density at radius 2 is 1.67 bits per heavy atom. The molecular formula is C15H32N2S. The van der Waals surface area contributed by atoms with Crippen molar-refractivity contribution in [1.29, 1.82) is 0 Å². The van der Waals surface area contributed by atoms with Crippen LogP contribution in [0.5, 0.6) is 0 Å². The van der Waals surface area contributed by atoms with Gasteiger partial charge in [-0.2, -0.15) is 11.8 Å². The third-order valence-corrected chi connectivity index (χ3v) is 4.90. The van der Waals surface area contributed by atoms with Crippen molar-refractivity contribution in [2.75, 3.05) is 31.1 Å². The summed E-state index contributed by atoms with van der Waals surface area (Å²) < 4.78 is 0. The van der Waals surface area contributed by atoms with Gasteiger partial charge in [-0.1, -0.05) is 27.7 Å². The van der Waals surface area contributed by atoms with Crippen LogP contribution in [-0.4, -0.2) is 41.6 Å². The summed E-state index contributed by atoms with van der Waals surface area (Å²) in [5.74, 6) is 4.05. The molecule has 0 saturated carbocycles. The molecule has 0 radical (unpaired) electrons. The van der Waals surface area contributed by atoms with Gasteiger partial charge in [0, 0.05) is 24.4 Å². The molecule has 0 bridgehead atoms. The van der Waals surface area contributed by atoms with Gasteiger partial charge in [0.25, 0.3) is 0 Å². The van der Waals surface area contributed by atoms with Crippen LogP contribution in [0.3, 0.4) is 0 Å². The highest BCUT2D eigenvalue weighted by atomic mass is 32.2. The van der Waals surface area contributed by atoms with Gasteiger partial charge in [0.2, 0.25) is 0 Å². The van der Waals surface area contributed by atoms with E-state index in [1.807, 2.05) is 0 Å². The number of thioether (sulfide) groups is 1. The third kappa shape index (κ3) is 4.75. The van der Waals surface area contributed by atoms with Crippen molar-refractivity contribution in [2.45, 2.75) is 52.5 Å². The van der Waals surface area contributed by atoms with Crippen LogP contribution in [0.25, 0.3) is 0 Å². The van der Waals surface area contributed by atoms with Gasteiger partial charge in [0.1, 0.15) is 0 Å². The second-order valence-corrected chi connectivity index (χ2v) is 7.80. The first-order valence-corrected chi connectivity index (χ1v) is 8.68. The molecule has 0 spiro atoms. The quantitative estimate of drug-likeness (QED) is 0.805. The van der Waals surface area contributed by atoms with E-state index in [1.54, 1.807) is 0 Å². The molecule has 0 aromatic carbocycles. The maximum absolute atomic E-state index is 6.24. The molecule has 1 aliphatic rings. The molecule has 1 fully saturated rings. The molecule has 0 amide bonds. The molecule has 0 aromatic heterocycles. The first kappa shape index (κ1) is 16.3. The van der Waals surface area contributed by atoms with E-state index >= 15 is 0 Å². The van der Waals surface area contributed by atoms with Crippen molar-refractivity contribution in [1.82, 2.24) is 4.90 Å². The van der Waals surface area contributed by atoms with Gasteiger partial charge in [-0.05, 0) is 43.4 Å². The molecule has 0 aliphatic carbocycles. The normalized spacial score (nSPS) is 19.5. The highest BCUT2D eigenvalue weighted by Crippen LogP contribution is 2.32. The molecule has 1 rings (SSSR count). The minimum absolute atomic E-state index is 0.243. The molecule has 0 unspecified atom stereocenters. The first-order valence-electron chi connectivity index (χ1n) is 7.53. The monoisotopic (exact) mass is 272 g/mol. The third-order valence-electron chi connectivity index (χ3n) is 3.85. The molecule has 1 aliphatic heterocycles. The lowest BCUT2D eigenvalue weighted by atomic mass is 9.80. The van der Waals surface area contributed by atoms with E-state index in [-0.39, 0.29) is 5.54 Å². The van der Waals surface area contributed by atoms with E-state index < -0.39 is 0 Å². The smallest absolute Gasteiger partial charge is 0.0336 e. The fourth-order valence-corrected chi connectivity index (χ4v) is 4.26. The number of nitrogens with two attached hydrogens (primary N) is 1. The Balaban J connectivity index is 2.83. The summed E-state index contributed by atoms with van der Waals surface area (Å²) in [5.41, 5.74) is 6.48. The van der Waals surface area contributed by atoms with Crippen molar-refractivity contribution in [3.8, 4) is 0 Å². The molecule has 0 atom stereocenters. The molecule has 3 heteroatoms. The molecule has 1 saturated heterocycles. The van der Waals surface area contributed by atoms with Gasteiger partial charge in [-0.25, -0.2) is 0 Å². The summed E-state index contributed by atoms with van der Waals surface area (Å²) in [6.45, 7) is 12.6. The Hall–Kier alpha value is 0.270. The maximum Gasteiger partial charge on any atom is 0.0336 e. The highest BCUT2D eigenvalue weighted by molar-refractivity contribution is 7.99. The Kier molecular flexibility index (Phi) is 7.04. The Morgan fingerprint density at radius 3 is 2.17 bits per heavy atom. The van der Waals surface area contributed by atoms with E-state index in [1.165, 1.54) is 43.9 Å². The van der Waals surface area contributed by atoms with E-state index in [0.717, 1.165) is 18.4 Å². The van der Waals surface area contributed by atoms with Crippen LogP contribution >= 0.6 is 11.8 Å². The van der Waals surface area contributed by atoms with Crippen molar-refractivity contribution in [3.05, 3.63) is 0 Å². The Morgan fingerprint density at radius 1 is 1.06 bits per heavy atom. The summed E-state index contributed by atoms with van der Waals surface area (Å²) >= 11 is 2.10. The standard InChI is InChI=1S/C15H32N2S/c1-13(2)10-15(12-16,11-14(3)4)17-6-5-8-18-9-7-17/h13-14H,5-12,16H2,1-4H3. The number of nitrogens with zero attached hydrogens (tertiary/aromatic N) is 1. The van der Waals surface area contributed by atoms with Crippen molar-refractivity contribution in [2.24, 2.45) is 17.6 Å². The van der Waals surface area contributed by atoms with Crippen LogP contribution in [0.1, 0.15) is 47.0 Å². The summed E-state index contributed by atoms with van der Waals surface area (Å²) in [6, 6.07) is 0. The van der Waals surface area contributed by atoms with Crippen LogP contribution in [-0.2, 0) is 0 Å². The SMILES string of the molecule is CC(C)CC(CN)(CC(C)C)N1CCCSCC1. The van der Waals surface area contributed by atoms with Crippen LogP contribution in [0.4, 0.5) is 0 Å². The lowest BCUT2D eigenvalue weighted by molar-refractivity contribution is 0.0604. The molecule has 2 nitrogen and oxygen atoms in total. The predicted octanol–water partition coefficient (Wildman–Crippen LogP) is 3.22. The zero-order valence-corrected chi connectivity index (χ0v) is 13.6. The van der Waals surface area contributed by atoms with Gasteiger partial charge in [-0.3, -0.25) is 4.90 Å². The van der Waals surface area contributed by atoms with Crippen LogP contribution in [0, 0.1) is 11.8 Å². The number of hydrogen-bond donors (Lipinski definition) is 1. The Labute approximate surface area is 118 Å². The van der Waals surface area contributed by atoms with Gasteiger partial charge >= 0.3 is 0 Å². The summed E-state index contributed by atoms with van der Waals surface area (Å²) in [5, 5.41) is 0. The molecule has 18 heavy (non-hydrogen) atoms. The predicted molar refractivity (Wildman–Crippen MR) is 84.2 cm³/mol. The van der Waals surface area contributed by atoms with Gasteiger partial charge in [0.05, 0.1) is 0 Å². The van der Waals surface area contributed by atoms with E-state index in [0.29, 0.717) is 0 Å². The Bertz CT molecular complexity index is 211. The van der Waals surface area contributed by atoms with Crippen LogP contribution < -0.4 is 5.73 Å². The maximum atomic E-state index is 6.24. The van der Waals surface area contributed by atoms with E-state index in [9.17, 15) is 0 Å². The summed E-state index contributed by atoms with van der Waals surface area (Å²) in [6.07, 6.45) is 3.81. The highest BCUT2D eigenvalue weighted by Gasteiger charge is 2.36. The second kappa shape index (κ2) is 7.76. The van der Waals surface area contributed by atoms with Crippen molar-refractivity contribution >= 4 is 11.8 Å². The van der Waals surface area contributed by atoms with Crippen LogP contribution in [0.2, 0.25) is 0 Å². The average Bonchev–Trinajstić information content (AvgIpc) is 2.55. The zero-order chi connectivity index (χ0) is 13.6. The van der Waals surface area contributed by atoms with Gasteiger partial charge in [0.15, 0.2) is 0 Å². The second-order valence-electron chi connectivity index (χ2n) is 6.58. The number of hydrogen-bond acceptors (Lipinski definition) is 3. The molecule has 108 valence electrons. The molecule has 2 N–H and O–H groups in total. The summed E-state index contributed by atoms with van der Waals surface area (Å²) in [4.78, 5) is 2.72. The van der Waals surface area contributed by atoms with E-state index in [2.05, 4.69) is 44.4 Å². The topological polar surface area (TPSA) is 29.3 Å². The zero-order valence-electron chi connectivity index (χ0n) is 12.7. The minimum atomic E-state index is 0.243. The summed E-state index contributed by atoms with van der Waals surface area (Å²) in [7, 11) is 0. The number of rotatable bonds is 6. The van der Waals surface area contributed by atoms with E-state index in [4.69, 9.17) is 5.73 Å². The fourth-order valence-electron chi connectivity index (χ4n) is 3.38. The fraction of sp³-hybridized carbons (Fsp3) is 1.00. The lowest BCUT2D eigenvalue weighted by Gasteiger charge is -2.45. The molecule has 1 heterocycles. The van der Waals surface area contributed by atoms with Crippen molar-refractivity contribution < 1.29 is 0 Å². The minimum Gasteiger partial charge on any atom is -0.329 e. The van der Waals surface area contributed by atoms with Gasteiger partial charge < -0.3 is 5.73 Å². The van der Waals surface area contributed by atoms with Gasteiger partial charge in [-0.15, -0.1) is 0 Å². The average molecular weight is 273 g/mol. The largest absolute Gasteiger partial charge is 0.329 e. The first-order chi connectivity index (χ1) is 8.50. The molecular weight excluding hydrogens is 240 g/mol.